The Labute approximate surface area is 101 Å². The summed E-state index contributed by atoms with van der Waals surface area (Å²) in [6.45, 7) is 0. The van der Waals surface area contributed by atoms with Crippen LogP contribution in [0.5, 0.6) is 0 Å². The van der Waals surface area contributed by atoms with Crippen LogP contribution in [-0.2, 0) is 22.1 Å². The summed E-state index contributed by atoms with van der Waals surface area (Å²) in [4.78, 5) is 14.4. The van der Waals surface area contributed by atoms with E-state index in [4.69, 9.17) is 5.11 Å². The van der Waals surface area contributed by atoms with E-state index >= 15 is 0 Å². The van der Waals surface area contributed by atoms with Gasteiger partial charge in [0, 0.05) is 12.6 Å². The second kappa shape index (κ2) is 5.52. The molecule has 0 radical (unpaired) electrons. The van der Waals surface area contributed by atoms with Crippen molar-refractivity contribution >= 4 is 5.97 Å². The summed E-state index contributed by atoms with van der Waals surface area (Å²) in [5.74, 6) is -1.77. The van der Waals surface area contributed by atoms with Gasteiger partial charge in [0.15, 0.2) is 5.76 Å². The zero-order valence-electron chi connectivity index (χ0n) is 9.36. The highest BCUT2D eigenvalue weighted by atomic mass is 19.4. The van der Waals surface area contributed by atoms with Crippen molar-refractivity contribution in [2.24, 2.45) is 0 Å². The first-order valence-electron chi connectivity index (χ1n) is 4.84. The minimum absolute atomic E-state index is 0.277. The second-order valence-electron chi connectivity index (χ2n) is 3.28. The Morgan fingerprint density at radius 1 is 1.56 bits per heavy atom. The number of carbonyl (C=O) groups is 1. The Hall–Kier alpha value is -2.05. The summed E-state index contributed by atoms with van der Waals surface area (Å²) in [5, 5.41) is 9.15. The second-order valence-corrected chi connectivity index (χ2v) is 3.28. The third kappa shape index (κ3) is 3.47. The number of rotatable bonds is 3. The molecule has 1 heterocycles. The molecular formula is C11H10F3NO3. The van der Waals surface area contributed by atoms with Crippen LogP contribution in [0.4, 0.5) is 13.2 Å². The normalized spacial score (nSPS) is 12.3. The molecular weight excluding hydrogens is 251 g/mol. The molecule has 4 nitrogen and oxygen atoms in total. The lowest BCUT2D eigenvalue weighted by molar-refractivity contribution is -0.139. The zero-order chi connectivity index (χ0) is 13.8. The Kier molecular flexibility index (Phi) is 4.30. The molecule has 1 aromatic rings. The molecule has 0 fully saturated rings. The smallest absolute Gasteiger partial charge is 0.418 e. The number of aliphatic hydroxyl groups excluding tert-OH is 1. The molecule has 1 N–H and O–H groups in total. The van der Waals surface area contributed by atoms with Crippen LogP contribution in [0.3, 0.4) is 0 Å². The number of esters is 1. The van der Waals surface area contributed by atoms with E-state index < -0.39 is 23.5 Å². The lowest BCUT2D eigenvalue weighted by Gasteiger charge is -2.10. The number of carbonyl (C=O) groups excluding carboxylic acids is 1. The molecule has 0 aliphatic heterocycles. The zero-order valence-corrected chi connectivity index (χ0v) is 9.36. The van der Waals surface area contributed by atoms with Crippen LogP contribution in [0.1, 0.15) is 11.3 Å². The van der Waals surface area contributed by atoms with Gasteiger partial charge in [0.2, 0.25) is 0 Å². The number of methoxy groups -OCH3 is 1. The van der Waals surface area contributed by atoms with Crippen LogP contribution in [0, 0.1) is 0 Å². The van der Waals surface area contributed by atoms with Gasteiger partial charge in [0.05, 0.1) is 18.4 Å². The van der Waals surface area contributed by atoms with Crippen molar-refractivity contribution < 1.29 is 27.8 Å². The van der Waals surface area contributed by atoms with Gasteiger partial charge in [-0.2, -0.15) is 13.2 Å². The van der Waals surface area contributed by atoms with Gasteiger partial charge in [-0.05, 0) is 18.2 Å². The predicted molar refractivity (Wildman–Crippen MR) is 55.7 cm³/mol. The third-order valence-corrected chi connectivity index (χ3v) is 2.08. The number of aliphatic hydroxyl groups is 1. The van der Waals surface area contributed by atoms with Crippen molar-refractivity contribution in [2.45, 2.75) is 12.6 Å². The number of pyridine rings is 1. The largest absolute Gasteiger partial charge is 0.502 e. The maximum Gasteiger partial charge on any atom is 0.418 e. The Bertz CT molecular complexity index is 469. The van der Waals surface area contributed by atoms with E-state index in [1.54, 1.807) is 0 Å². The van der Waals surface area contributed by atoms with Gasteiger partial charge >= 0.3 is 12.1 Å². The van der Waals surface area contributed by atoms with E-state index in [2.05, 4.69) is 9.72 Å². The van der Waals surface area contributed by atoms with Crippen molar-refractivity contribution in [1.29, 1.82) is 0 Å². The van der Waals surface area contributed by atoms with Gasteiger partial charge in [0.25, 0.3) is 0 Å². The predicted octanol–water partition coefficient (Wildman–Crippen LogP) is 2.26. The molecule has 0 unspecified atom stereocenters. The molecule has 0 aromatic carbocycles. The van der Waals surface area contributed by atoms with E-state index in [0.29, 0.717) is 0 Å². The molecule has 0 amide bonds. The maximum atomic E-state index is 12.6. The number of alkyl halides is 3. The monoisotopic (exact) mass is 261 g/mol. The van der Waals surface area contributed by atoms with Crippen molar-refractivity contribution in [3.63, 3.8) is 0 Å². The molecule has 0 saturated heterocycles. The Morgan fingerprint density at radius 2 is 2.22 bits per heavy atom. The molecule has 1 rings (SSSR count). The summed E-state index contributed by atoms with van der Waals surface area (Å²) in [5.41, 5.74) is -1.18. The topological polar surface area (TPSA) is 59.4 Å². The summed E-state index contributed by atoms with van der Waals surface area (Å²) in [7, 11) is 1.05. The van der Waals surface area contributed by atoms with Gasteiger partial charge in [-0.15, -0.1) is 0 Å². The molecule has 0 spiro atoms. The summed E-state index contributed by atoms with van der Waals surface area (Å²) in [6.07, 6.45) is -2.73. The summed E-state index contributed by atoms with van der Waals surface area (Å²) < 4.78 is 41.9. The SMILES string of the molecule is COC(=O)C(O)=CCc1ncccc1C(F)(F)F. The van der Waals surface area contributed by atoms with E-state index in [1.165, 1.54) is 6.20 Å². The molecule has 98 valence electrons. The maximum absolute atomic E-state index is 12.6. The first-order chi connectivity index (χ1) is 8.36. The van der Waals surface area contributed by atoms with Gasteiger partial charge < -0.3 is 9.84 Å². The molecule has 18 heavy (non-hydrogen) atoms. The van der Waals surface area contributed by atoms with Gasteiger partial charge in [-0.1, -0.05) is 0 Å². The summed E-state index contributed by atoms with van der Waals surface area (Å²) >= 11 is 0. The highest BCUT2D eigenvalue weighted by Gasteiger charge is 2.33. The highest BCUT2D eigenvalue weighted by molar-refractivity contribution is 5.85. The quantitative estimate of drug-likeness (QED) is 0.515. The molecule has 7 heteroatoms. The number of hydrogen-bond donors (Lipinski definition) is 1. The third-order valence-electron chi connectivity index (χ3n) is 2.08. The van der Waals surface area contributed by atoms with Crippen molar-refractivity contribution in [3.05, 3.63) is 41.4 Å². The number of aromatic nitrogens is 1. The first kappa shape index (κ1) is 14.0. The Morgan fingerprint density at radius 3 is 2.78 bits per heavy atom. The number of hydrogen-bond acceptors (Lipinski definition) is 4. The number of halogens is 3. The van der Waals surface area contributed by atoms with Gasteiger partial charge in [-0.3, -0.25) is 4.98 Å². The van der Waals surface area contributed by atoms with Crippen LogP contribution >= 0.6 is 0 Å². The van der Waals surface area contributed by atoms with Crippen LogP contribution < -0.4 is 0 Å². The molecule has 0 aliphatic carbocycles. The van der Waals surface area contributed by atoms with Crippen molar-refractivity contribution in [2.75, 3.05) is 7.11 Å². The Balaban J connectivity index is 2.96. The fourth-order valence-corrected chi connectivity index (χ4v) is 1.24. The lowest BCUT2D eigenvalue weighted by Crippen LogP contribution is -2.11. The standard InChI is InChI=1S/C11H10F3NO3/c1-18-10(17)9(16)5-4-8-7(11(12,13)14)3-2-6-15-8/h2-3,5-6,16H,4H2,1H3. The molecule has 0 saturated carbocycles. The van der Waals surface area contributed by atoms with Gasteiger partial charge in [0.1, 0.15) is 0 Å². The van der Waals surface area contributed by atoms with E-state index in [-0.39, 0.29) is 12.1 Å². The van der Waals surface area contributed by atoms with Gasteiger partial charge in [-0.25, -0.2) is 4.79 Å². The van der Waals surface area contributed by atoms with Crippen molar-refractivity contribution in [3.8, 4) is 0 Å². The van der Waals surface area contributed by atoms with E-state index in [9.17, 15) is 18.0 Å². The average Bonchev–Trinajstić information content (AvgIpc) is 2.34. The number of ether oxygens (including phenoxy) is 1. The van der Waals surface area contributed by atoms with E-state index in [1.807, 2.05) is 0 Å². The minimum atomic E-state index is -4.53. The molecule has 1 aromatic heterocycles. The number of allylic oxidation sites excluding steroid dienone is 1. The van der Waals surface area contributed by atoms with Crippen LogP contribution in [0.25, 0.3) is 0 Å². The molecule has 0 aliphatic rings. The van der Waals surface area contributed by atoms with Crippen LogP contribution in [-0.4, -0.2) is 23.2 Å². The minimum Gasteiger partial charge on any atom is -0.502 e. The van der Waals surface area contributed by atoms with E-state index in [0.717, 1.165) is 25.3 Å². The van der Waals surface area contributed by atoms with Crippen LogP contribution in [0.2, 0.25) is 0 Å². The summed E-state index contributed by atoms with van der Waals surface area (Å²) in [6, 6.07) is 2.04. The lowest BCUT2D eigenvalue weighted by atomic mass is 10.1. The fraction of sp³-hybridized carbons (Fsp3) is 0.273. The van der Waals surface area contributed by atoms with Crippen molar-refractivity contribution in [1.82, 2.24) is 4.98 Å². The highest BCUT2D eigenvalue weighted by Crippen LogP contribution is 2.31. The average molecular weight is 261 g/mol. The fourth-order valence-electron chi connectivity index (χ4n) is 1.24. The number of nitrogens with zero attached hydrogens (tertiary/aromatic N) is 1. The van der Waals surface area contributed by atoms with Crippen LogP contribution in [0.15, 0.2) is 30.2 Å². The molecule has 0 atom stereocenters. The molecule has 0 bridgehead atoms. The first-order valence-corrected chi connectivity index (χ1v) is 4.84.